The molecule has 0 spiro atoms. The van der Waals surface area contributed by atoms with Gasteiger partial charge in [-0.15, -0.1) is 0 Å². The van der Waals surface area contributed by atoms with Gasteiger partial charge in [0, 0.05) is 0 Å². The van der Waals surface area contributed by atoms with Gasteiger partial charge in [0.2, 0.25) is 0 Å². The summed E-state index contributed by atoms with van der Waals surface area (Å²) >= 11 is 0. The number of hydrogen-bond donors (Lipinski definition) is 1. The summed E-state index contributed by atoms with van der Waals surface area (Å²) in [4.78, 5) is 48.9. The van der Waals surface area contributed by atoms with E-state index >= 15 is 0 Å². The van der Waals surface area contributed by atoms with E-state index in [-0.39, 0.29) is 24.2 Å². The second kappa shape index (κ2) is 17.3. The summed E-state index contributed by atoms with van der Waals surface area (Å²) in [7, 11) is 1.30. The molecule has 218 valence electrons. The van der Waals surface area contributed by atoms with Crippen LogP contribution in [0.4, 0.5) is 0 Å². The van der Waals surface area contributed by atoms with Crippen molar-refractivity contribution in [3.8, 4) is 0 Å². The van der Waals surface area contributed by atoms with E-state index in [1.54, 1.807) is 0 Å². The average Bonchev–Trinajstić information content (AvgIpc) is 2.98. The lowest BCUT2D eigenvalue weighted by molar-refractivity contribution is -0.157. The largest absolute Gasteiger partial charge is 0.481 e. The number of hydrogen-bond acceptors (Lipinski definition) is 6. The van der Waals surface area contributed by atoms with Gasteiger partial charge in [-0.05, 0) is 61.0 Å². The smallest absolute Gasteiger partial charge is 0.316 e. The number of benzene rings is 2. The van der Waals surface area contributed by atoms with Crippen molar-refractivity contribution in [1.82, 2.24) is 0 Å². The van der Waals surface area contributed by atoms with Gasteiger partial charge in [-0.3, -0.25) is 19.2 Å². The molecule has 0 amide bonds. The highest BCUT2D eigenvalue weighted by Crippen LogP contribution is 2.37. The van der Waals surface area contributed by atoms with Crippen LogP contribution in [0.15, 0.2) is 60.7 Å². The Hall–Kier alpha value is -3.48. The van der Waals surface area contributed by atoms with E-state index in [2.05, 4.69) is 0 Å². The fourth-order valence-corrected chi connectivity index (χ4v) is 5.66. The normalized spacial score (nSPS) is 15.6. The lowest BCUT2D eigenvalue weighted by Gasteiger charge is -2.28. The molecule has 0 aliphatic heterocycles. The van der Waals surface area contributed by atoms with E-state index in [4.69, 9.17) is 9.47 Å². The molecule has 0 fully saturated rings. The number of esters is 2. The van der Waals surface area contributed by atoms with Crippen LogP contribution in [0.5, 0.6) is 0 Å². The molecule has 2 rings (SSSR count). The highest BCUT2D eigenvalue weighted by Gasteiger charge is 2.36. The Kier molecular flexibility index (Phi) is 14.1. The Morgan fingerprint density at radius 2 is 1.32 bits per heavy atom. The highest BCUT2D eigenvalue weighted by molar-refractivity contribution is 5.81. The fraction of sp³-hybridized carbons (Fsp3) is 0.515. The molecule has 0 saturated carbocycles. The van der Waals surface area contributed by atoms with Crippen molar-refractivity contribution in [1.29, 1.82) is 0 Å². The zero-order valence-electron chi connectivity index (χ0n) is 24.2. The molecule has 7 nitrogen and oxygen atoms in total. The first-order valence-corrected chi connectivity index (χ1v) is 14.3. The third kappa shape index (κ3) is 9.61. The quantitative estimate of drug-likeness (QED) is 0.124. The van der Waals surface area contributed by atoms with Gasteiger partial charge in [0.15, 0.2) is 0 Å². The van der Waals surface area contributed by atoms with Gasteiger partial charge in [0.05, 0.1) is 24.9 Å². The van der Waals surface area contributed by atoms with Crippen LogP contribution in [0, 0.1) is 23.7 Å². The van der Waals surface area contributed by atoms with Gasteiger partial charge in [-0.2, -0.15) is 0 Å². The Morgan fingerprint density at radius 3 is 1.80 bits per heavy atom. The molecule has 2 aromatic rings. The molecule has 0 radical (unpaired) electrons. The van der Waals surface area contributed by atoms with Crippen LogP contribution in [-0.2, 0) is 28.7 Å². The maximum absolute atomic E-state index is 12.9. The second-order valence-electron chi connectivity index (χ2n) is 10.6. The summed E-state index contributed by atoms with van der Waals surface area (Å²) < 4.78 is 9.83. The zero-order valence-corrected chi connectivity index (χ0v) is 24.2. The number of carbonyl (C=O) groups is 4. The number of rotatable bonds is 18. The van der Waals surface area contributed by atoms with Crippen molar-refractivity contribution < 1.29 is 33.8 Å². The monoisotopic (exact) mass is 552 g/mol. The third-order valence-corrected chi connectivity index (χ3v) is 8.28. The van der Waals surface area contributed by atoms with E-state index in [0.29, 0.717) is 32.1 Å². The number of carboxylic acids is 1. The van der Waals surface area contributed by atoms with Gasteiger partial charge >= 0.3 is 24.4 Å². The molecule has 7 heteroatoms. The topological polar surface area (TPSA) is 107 Å². The lowest BCUT2D eigenvalue weighted by atomic mass is 9.76. The number of aliphatic carboxylic acids is 1. The summed E-state index contributed by atoms with van der Waals surface area (Å²) in [5, 5.41) is 10.2. The van der Waals surface area contributed by atoms with Gasteiger partial charge in [0.1, 0.15) is 0 Å². The molecule has 40 heavy (non-hydrogen) atoms. The van der Waals surface area contributed by atoms with Crippen molar-refractivity contribution >= 4 is 24.4 Å². The number of methoxy groups -OCH3 is 1. The van der Waals surface area contributed by atoms with Crippen molar-refractivity contribution in [3.63, 3.8) is 0 Å². The van der Waals surface area contributed by atoms with E-state index in [9.17, 15) is 24.3 Å². The van der Waals surface area contributed by atoms with Crippen LogP contribution in [0.2, 0.25) is 0 Å². The zero-order chi connectivity index (χ0) is 29.5. The second-order valence-corrected chi connectivity index (χ2v) is 10.6. The van der Waals surface area contributed by atoms with Crippen molar-refractivity contribution in [2.45, 2.75) is 77.6 Å². The van der Waals surface area contributed by atoms with Crippen LogP contribution < -0.4 is 0 Å². The maximum Gasteiger partial charge on any atom is 0.316 e. The van der Waals surface area contributed by atoms with Gasteiger partial charge in [0.25, 0.3) is 0 Å². The fourth-order valence-electron chi connectivity index (χ4n) is 5.66. The first-order chi connectivity index (χ1) is 19.3. The molecule has 1 N–H and O–H groups in total. The van der Waals surface area contributed by atoms with Gasteiger partial charge in [-0.25, -0.2) is 0 Å². The first kappa shape index (κ1) is 32.7. The predicted octanol–water partition coefficient (Wildman–Crippen LogP) is 6.77. The molecule has 6 unspecified atom stereocenters. The van der Waals surface area contributed by atoms with Gasteiger partial charge < -0.3 is 14.6 Å². The van der Waals surface area contributed by atoms with E-state index < -0.39 is 35.7 Å². The molecule has 6 atom stereocenters. The van der Waals surface area contributed by atoms with E-state index in [1.807, 2.05) is 81.4 Å². The maximum atomic E-state index is 12.9. The number of ether oxygens (including phenoxy) is 2. The molecule has 0 aliphatic carbocycles. The van der Waals surface area contributed by atoms with E-state index in [1.165, 1.54) is 7.11 Å². The minimum absolute atomic E-state index is 0.00615. The van der Waals surface area contributed by atoms with Crippen LogP contribution >= 0.6 is 0 Å². The number of carboxylic acid groups (broad SMARTS) is 1. The van der Waals surface area contributed by atoms with Crippen molar-refractivity contribution in [3.05, 3.63) is 71.8 Å². The number of carbonyl (C=O) groups excluding carboxylic acids is 3. The molecule has 0 saturated heterocycles. The summed E-state index contributed by atoms with van der Waals surface area (Å²) in [5.74, 6) is -4.20. The van der Waals surface area contributed by atoms with Crippen LogP contribution in [0.1, 0.15) is 88.7 Å². The minimum Gasteiger partial charge on any atom is -0.481 e. The SMILES string of the molecule is CCC(CC(C(=O)O)C(CCCC(CC(C(=O)OC=O)C(C)CC)c1ccccc1)C(=O)OC)c1ccccc1. The molecule has 0 aliphatic rings. The summed E-state index contributed by atoms with van der Waals surface area (Å²) in [6.45, 7) is 6.18. The Morgan fingerprint density at radius 1 is 0.775 bits per heavy atom. The molecular formula is C33H44O7. The molecule has 2 aromatic carbocycles. The summed E-state index contributed by atoms with van der Waals surface area (Å²) in [5.41, 5.74) is 2.11. The van der Waals surface area contributed by atoms with Crippen LogP contribution in [0.3, 0.4) is 0 Å². The predicted molar refractivity (Wildman–Crippen MR) is 153 cm³/mol. The minimum atomic E-state index is -1.00. The molecule has 0 heterocycles. The summed E-state index contributed by atoms with van der Waals surface area (Å²) in [6, 6.07) is 19.6. The summed E-state index contributed by atoms with van der Waals surface area (Å²) in [6.07, 6.45) is 3.90. The van der Waals surface area contributed by atoms with Crippen molar-refractivity contribution in [2.75, 3.05) is 7.11 Å². The standard InChI is InChI=1S/C33H44O7/c1-5-23(3)29(33(38)40-22-34)21-27(26-16-11-8-12-17-26)18-13-19-28(32(37)39-4)30(31(35)36)20-24(6-2)25-14-9-7-10-15-25/h7-12,14-17,22-24,27-30H,5-6,13,18-21H2,1-4H3,(H,35,36). The Bertz CT molecular complexity index is 1050. The van der Waals surface area contributed by atoms with Gasteiger partial charge in [-0.1, -0.05) is 94.3 Å². The van der Waals surface area contributed by atoms with Crippen LogP contribution in [0.25, 0.3) is 0 Å². The third-order valence-electron chi connectivity index (χ3n) is 8.28. The lowest BCUT2D eigenvalue weighted by Crippen LogP contribution is -2.32. The Labute approximate surface area is 238 Å². The van der Waals surface area contributed by atoms with Crippen molar-refractivity contribution in [2.24, 2.45) is 23.7 Å². The molecule has 0 bridgehead atoms. The molecular weight excluding hydrogens is 508 g/mol. The Balaban J connectivity index is 2.26. The first-order valence-electron chi connectivity index (χ1n) is 14.3. The van der Waals surface area contributed by atoms with E-state index in [0.717, 1.165) is 24.0 Å². The highest BCUT2D eigenvalue weighted by atomic mass is 16.6. The average molecular weight is 553 g/mol. The molecule has 0 aromatic heterocycles. The van der Waals surface area contributed by atoms with Crippen LogP contribution in [-0.4, -0.2) is 36.6 Å².